The molecule has 0 bridgehead atoms. The number of ether oxygens (including phenoxy) is 2. The van der Waals surface area contributed by atoms with Gasteiger partial charge in [0.2, 0.25) is 0 Å². The lowest BCUT2D eigenvalue weighted by Crippen LogP contribution is -2.43. The van der Waals surface area contributed by atoms with Gasteiger partial charge in [-0.2, -0.15) is 0 Å². The number of hydrogen-bond donors (Lipinski definition) is 1. The van der Waals surface area contributed by atoms with Crippen LogP contribution in [0.3, 0.4) is 0 Å². The van der Waals surface area contributed by atoms with E-state index in [0.717, 1.165) is 12.1 Å². The van der Waals surface area contributed by atoms with Crippen LogP contribution < -0.4 is 5.32 Å². The van der Waals surface area contributed by atoms with Crippen LogP contribution in [0.15, 0.2) is 30.3 Å². The van der Waals surface area contributed by atoms with Crippen molar-refractivity contribution in [3.63, 3.8) is 0 Å². The van der Waals surface area contributed by atoms with E-state index < -0.39 is 0 Å². The Balaban J connectivity index is 2.35. The van der Waals surface area contributed by atoms with Gasteiger partial charge in [0.1, 0.15) is 0 Å². The predicted molar refractivity (Wildman–Crippen MR) is 73.0 cm³/mol. The van der Waals surface area contributed by atoms with Crippen LogP contribution in [0.4, 0.5) is 0 Å². The second kappa shape index (κ2) is 6.17. The Morgan fingerprint density at radius 2 is 2.16 bits per heavy atom. The van der Waals surface area contributed by atoms with Crippen LogP contribution in [-0.2, 0) is 19.7 Å². The van der Waals surface area contributed by atoms with Crippen LogP contribution in [0.25, 0.3) is 0 Å². The lowest BCUT2D eigenvalue weighted by molar-refractivity contribution is -0.150. The van der Waals surface area contributed by atoms with Crippen LogP contribution in [0.5, 0.6) is 0 Å². The molecule has 104 valence electrons. The number of hydrogen-bond acceptors (Lipinski definition) is 4. The van der Waals surface area contributed by atoms with Crippen molar-refractivity contribution in [2.45, 2.75) is 12.3 Å². The van der Waals surface area contributed by atoms with E-state index in [1.807, 2.05) is 25.1 Å². The highest BCUT2D eigenvalue weighted by molar-refractivity contribution is 5.76. The number of benzene rings is 1. The summed E-state index contributed by atoms with van der Waals surface area (Å²) >= 11 is 0. The van der Waals surface area contributed by atoms with E-state index in [4.69, 9.17) is 9.47 Å². The van der Waals surface area contributed by atoms with E-state index in [-0.39, 0.29) is 17.3 Å². The van der Waals surface area contributed by atoms with Gasteiger partial charge in [-0.05, 0) is 12.5 Å². The van der Waals surface area contributed by atoms with Crippen molar-refractivity contribution in [1.29, 1.82) is 0 Å². The summed E-state index contributed by atoms with van der Waals surface area (Å²) in [6, 6.07) is 10.1. The molecule has 0 aromatic heterocycles. The molecule has 1 N–H and O–H groups in total. The number of carbonyl (C=O) groups is 1. The van der Waals surface area contributed by atoms with E-state index in [1.165, 1.54) is 0 Å². The van der Waals surface area contributed by atoms with Crippen molar-refractivity contribution in [3.8, 4) is 0 Å². The van der Waals surface area contributed by atoms with Gasteiger partial charge >= 0.3 is 5.97 Å². The van der Waals surface area contributed by atoms with Crippen molar-refractivity contribution in [2.75, 3.05) is 33.4 Å². The van der Waals surface area contributed by atoms with E-state index in [9.17, 15) is 4.79 Å². The van der Waals surface area contributed by atoms with Gasteiger partial charge in [-0.25, -0.2) is 0 Å². The van der Waals surface area contributed by atoms with Crippen molar-refractivity contribution in [3.05, 3.63) is 35.9 Å². The quantitative estimate of drug-likeness (QED) is 0.815. The smallest absolute Gasteiger partial charge is 0.311 e. The van der Waals surface area contributed by atoms with Gasteiger partial charge in [-0.15, -0.1) is 0 Å². The zero-order chi connectivity index (χ0) is 13.7. The first-order valence-electron chi connectivity index (χ1n) is 6.66. The summed E-state index contributed by atoms with van der Waals surface area (Å²) < 4.78 is 10.6. The normalized spacial score (nSPS) is 26.3. The molecule has 19 heavy (non-hydrogen) atoms. The Hall–Kier alpha value is -1.39. The molecule has 4 nitrogen and oxygen atoms in total. The summed E-state index contributed by atoms with van der Waals surface area (Å²) in [7, 11) is 1.67. The fourth-order valence-corrected chi connectivity index (χ4v) is 2.88. The lowest BCUT2D eigenvalue weighted by atomic mass is 9.73. The molecule has 2 unspecified atom stereocenters. The lowest BCUT2D eigenvalue weighted by Gasteiger charge is -2.33. The van der Waals surface area contributed by atoms with Crippen LogP contribution in [0.1, 0.15) is 12.5 Å². The Bertz CT molecular complexity index is 421. The number of rotatable bonds is 5. The average molecular weight is 263 g/mol. The fraction of sp³-hybridized carbons (Fsp3) is 0.533. The van der Waals surface area contributed by atoms with Crippen LogP contribution in [0, 0.1) is 5.92 Å². The van der Waals surface area contributed by atoms with Gasteiger partial charge in [0.15, 0.2) is 0 Å². The van der Waals surface area contributed by atoms with Gasteiger partial charge in [0.05, 0.1) is 19.1 Å². The fourth-order valence-electron chi connectivity index (χ4n) is 2.88. The minimum absolute atomic E-state index is 0.145. The first-order valence-corrected chi connectivity index (χ1v) is 6.66. The average Bonchev–Trinajstić information content (AvgIpc) is 2.85. The Kier molecular flexibility index (Phi) is 4.56. The highest BCUT2D eigenvalue weighted by atomic mass is 16.5. The van der Waals surface area contributed by atoms with Crippen molar-refractivity contribution >= 4 is 5.97 Å². The molecule has 1 fully saturated rings. The van der Waals surface area contributed by atoms with E-state index in [0.29, 0.717) is 19.8 Å². The molecule has 2 rings (SSSR count). The van der Waals surface area contributed by atoms with Gasteiger partial charge in [0, 0.05) is 25.6 Å². The molecule has 1 aromatic rings. The Morgan fingerprint density at radius 3 is 2.79 bits per heavy atom. The van der Waals surface area contributed by atoms with Gasteiger partial charge in [0.25, 0.3) is 0 Å². The molecule has 0 spiro atoms. The molecule has 1 aromatic carbocycles. The number of methoxy groups -OCH3 is 1. The number of nitrogens with one attached hydrogen (secondary N) is 1. The summed E-state index contributed by atoms with van der Waals surface area (Å²) in [5.41, 5.74) is 0.794. The van der Waals surface area contributed by atoms with Crippen molar-refractivity contribution in [2.24, 2.45) is 5.92 Å². The van der Waals surface area contributed by atoms with Crippen LogP contribution in [0.2, 0.25) is 0 Å². The standard InChI is InChI=1S/C15H21NO3/c1-3-19-14(17)13-9-16-10-15(13,11-18-2)12-7-5-4-6-8-12/h4-8,13,16H,3,9-11H2,1-2H3. The molecule has 4 heteroatoms. The first-order chi connectivity index (χ1) is 9.24. The zero-order valence-electron chi connectivity index (χ0n) is 11.5. The monoisotopic (exact) mass is 263 g/mol. The summed E-state index contributed by atoms with van der Waals surface area (Å²) in [4.78, 5) is 12.2. The summed E-state index contributed by atoms with van der Waals surface area (Å²) in [5, 5.41) is 3.31. The third-order valence-electron chi connectivity index (χ3n) is 3.78. The topological polar surface area (TPSA) is 47.6 Å². The van der Waals surface area contributed by atoms with Crippen LogP contribution in [-0.4, -0.2) is 39.4 Å². The number of esters is 1. The predicted octanol–water partition coefficient (Wildman–Crippen LogP) is 1.35. The maximum Gasteiger partial charge on any atom is 0.311 e. The SMILES string of the molecule is CCOC(=O)C1CNCC1(COC)c1ccccc1. The molecule has 2 atom stereocenters. The molecular weight excluding hydrogens is 242 g/mol. The largest absolute Gasteiger partial charge is 0.466 e. The number of carbonyl (C=O) groups excluding carboxylic acids is 1. The van der Waals surface area contributed by atoms with E-state index in [1.54, 1.807) is 7.11 Å². The molecule has 1 heterocycles. The molecule has 0 amide bonds. The van der Waals surface area contributed by atoms with Gasteiger partial charge in [-0.3, -0.25) is 4.79 Å². The maximum atomic E-state index is 12.2. The summed E-state index contributed by atoms with van der Waals surface area (Å²) in [6.07, 6.45) is 0. The van der Waals surface area contributed by atoms with Crippen molar-refractivity contribution in [1.82, 2.24) is 5.32 Å². The Morgan fingerprint density at radius 1 is 1.42 bits per heavy atom. The molecule has 1 saturated heterocycles. The molecule has 1 aliphatic heterocycles. The highest BCUT2D eigenvalue weighted by Crippen LogP contribution is 2.36. The molecule has 0 aliphatic carbocycles. The Labute approximate surface area is 114 Å². The minimum Gasteiger partial charge on any atom is -0.466 e. The molecular formula is C15H21NO3. The van der Waals surface area contributed by atoms with E-state index >= 15 is 0 Å². The van der Waals surface area contributed by atoms with Gasteiger partial charge in [-0.1, -0.05) is 30.3 Å². The van der Waals surface area contributed by atoms with Crippen LogP contribution >= 0.6 is 0 Å². The first kappa shape index (κ1) is 14.0. The zero-order valence-corrected chi connectivity index (χ0v) is 11.5. The summed E-state index contributed by atoms with van der Waals surface area (Å²) in [6.45, 7) is 4.12. The second-order valence-electron chi connectivity index (χ2n) is 4.89. The second-order valence-corrected chi connectivity index (χ2v) is 4.89. The van der Waals surface area contributed by atoms with E-state index in [2.05, 4.69) is 17.4 Å². The molecule has 0 saturated carbocycles. The maximum absolute atomic E-state index is 12.2. The molecule has 0 radical (unpaired) electrons. The highest BCUT2D eigenvalue weighted by Gasteiger charge is 2.48. The minimum atomic E-state index is -0.331. The van der Waals surface area contributed by atoms with Crippen molar-refractivity contribution < 1.29 is 14.3 Å². The third-order valence-corrected chi connectivity index (χ3v) is 3.78. The third kappa shape index (κ3) is 2.65. The molecule has 1 aliphatic rings. The van der Waals surface area contributed by atoms with Gasteiger partial charge < -0.3 is 14.8 Å². The summed E-state index contributed by atoms with van der Waals surface area (Å²) in [5.74, 6) is -0.344.